The Bertz CT molecular complexity index is 924. The van der Waals surface area contributed by atoms with Crippen molar-refractivity contribution in [3.63, 3.8) is 0 Å². The monoisotopic (exact) mass is 363 g/mol. The molecule has 0 radical (unpaired) electrons. The van der Waals surface area contributed by atoms with Crippen molar-refractivity contribution in [2.45, 2.75) is 32.2 Å². The topological polar surface area (TPSA) is 111 Å². The van der Waals surface area contributed by atoms with Gasteiger partial charge in [0, 0.05) is 22.9 Å². The van der Waals surface area contributed by atoms with E-state index in [1.165, 1.54) is 12.1 Å². The molecular formula is C17H21N3O4S. The van der Waals surface area contributed by atoms with Gasteiger partial charge in [0.05, 0.1) is 24.2 Å². The predicted octanol–water partition coefficient (Wildman–Crippen LogP) is 1.59. The van der Waals surface area contributed by atoms with E-state index in [2.05, 4.69) is 10.3 Å². The fraction of sp³-hybridized carbons (Fsp3) is 0.294. The molecule has 0 saturated heterocycles. The van der Waals surface area contributed by atoms with Gasteiger partial charge in [0.15, 0.2) is 0 Å². The number of rotatable bonds is 5. The summed E-state index contributed by atoms with van der Waals surface area (Å²) in [5, 5.41) is 7.88. The van der Waals surface area contributed by atoms with Gasteiger partial charge in [0.25, 0.3) is 5.91 Å². The molecule has 3 N–H and O–H groups in total. The van der Waals surface area contributed by atoms with Gasteiger partial charge in [-0.3, -0.25) is 9.78 Å². The second kappa shape index (κ2) is 7.20. The molecule has 0 unspecified atom stereocenters. The number of hydrogen-bond donors (Lipinski definition) is 2. The maximum Gasteiger partial charge on any atom is 0.251 e. The van der Waals surface area contributed by atoms with E-state index >= 15 is 0 Å². The number of hydrogen-bond acceptors (Lipinski definition) is 5. The van der Waals surface area contributed by atoms with Gasteiger partial charge in [-0.1, -0.05) is 6.07 Å². The molecule has 1 amide bonds. The number of ether oxygens (including phenoxy) is 1. The second-order valence-corrected chi connectivity index (χ2v) is 7.31. The van der Waals surface area contributed by atoms with E-state index in [9.17, 15) is 13.2 Å². The summed E-state index contributed by atoms with van der Waals surface area (Å²) in [5.41, 5.74) is 3.33. The highest BCUT2D eigenvalue weighted by Crippen LogP contribution is 2.24. The Labute approximate surface area is 147 Å². The Morgan fingerprint density at radius 3 is 2.52 bits per heavy atom. The van der Waals surface area contributed by atoms with Crippen molar-refractivity contribution < 1.29 is 17.9 Å². The molecule has 0 fully saturated rings. The van der Waals surface area contributed by atoms with E-state index in [0.29, 0.717) is 11.3 Å². The van der Waals surface area contributed by atoms with E-state index in [1.807, 2.05) is 13.8 Å². The summed E-state index contributed by atoms with van der Waals surface area (Å²) in [4.78, 5) is 16.7. The summed E-state index contributed by atoms with van der Waals surface area (Å²) in [5.74, 6) is 0.329. The zero-order chi connectivity index (χ0) is 18.8. The number of benzene rings is 1. The lowest BCUT2D eigenvalue weighted by molar-refractivity contribution is 0.0949. The molecule has 0 aliphatic rings. The van der Waals surface area contributed by atoms with Crippen LogP contribution in [0.4, 0.5) is 0 Å². The Kier molecular flexibility index (Phi) is 5.44. The highest BCUT2D eigenvalue weighted by Gasteiger charge is 2.16. The zero-order valence-electron chi connectivity index (χ0n) is 14.6. The van der Waals surface area contributed by atoms with Crippen LogP contribution in [-0.2, 0) is 16.6 Å². The van der Waals surface area contributed by atoms with Crippen LogP contribution in [0.2, 0.25) is 0 Å². The van der Waals surface area contributed by atoms with Crippen molar-refractivity contribution >= 4 is 15.9 Å². The number of carbonyl (C=O) groups excluding carboxylic acids is 1. The molecule has 0 bridgehead atoms. The van der Waals surface area contributed by atoms with Gasteiger partial charge in [-0.15, -0.1) is 0 Å². The quantitative estimate of drug-likeness (QED) is 0.838. The van der Waals surface area contributed by atoms with Crippen LogP contribution in [0.25, 0.3) is 0 Å². The Morgan fingerprint density at radius 2 is 1.92 bits per heavy atom. The fourth-order valence-electron chi connectivity index (χ4n) is 2.53. The van der Waals surface area contributed by atoms with E-state index in [4.69, 9.17) is 9.88 Å². The van der Waals surface area contributed by atoms with E-state index in [-0.39, 0.29) is 17.0 Å². The lowest BCUT2D eigenvalue weighted by Crippen LogP contribution is -2.25. The minimum atomic E-state index is -3.87. The first-order valence-electron chi connectivity index (χ1n) is 7.56. The average Bonchev–Trinajstić information content (AvgIpc) is 2.53. The molecule has 7 nitrogen and oxygen atoms in total. The number of methoxy groups -OCH3 is 1. The molecule has 2 rings (SSSR count). The van der Waals surface area contributed by atoms with Crippen molar-refractivity contribution in [2.75, 3.05) is 7.11 Å². The number of primary sulfonamides is 1. The molecular weight excluding hydrogens is 342 g/mol. The van der Waals surface area contributed by atoms with Crippen molar-refractivity contribution in [2.24, 2.45) is 5.14 Å². The lowest BCUT2D eigenvalue weighted by atomic mass is 10.1. The van der Waals surface area contributed by atoms with Gasteiger partial charge in [-0.05, 0) is 38.5 Å². The third kappa shape index (κ3) is 4.15. The molecule has 0 aliphatic carbocycles. The Balaban J connectivity index is 2.24. The molecule has 0 atom stereocenters. The molecule has 25 heavy (non-hydrogen) atoms. The summed E-state index contributed by atoms with van der Waals surface area (Å²) < 4.78 is 28.3. The Morgan fingerprint density at radius 1 is 1.24 bits per heavy atom. The smallest absolute Gasteiger partial charge is 0.251 e. The third-order valence-corrected chi connectivity index (χ3v) is 4.86. The van der Waals surface area contributed by atoms with Crippen molar-refractivity contribution in [3.05, 3.63) is 52.3 Å². The van der Waals surface area contributed by atoms with E-state index in [1.54, 1.807) is 26.3 Å². The standard InChI is InChI=1S/C17H21N3O4S/c1-10-5-6-13(25(18,22)23)7-14(10)17(21)20-9-15-12(3)16(24-4)11(2)8-19-15/h5-8H,9H2,1-4H3,(H,20,21)(H2,18,22,23). The third-order valence-electron chi connectivity index (χ3n) is 3.95. The largest absolute Gasteiger partial charge is 0.496 e. The normalized spacial score (nSPS) is 11.2. The zero-order valence-corrected chi connectivity index (χ0v) is 15.4. The minimum Gasteiger partial charge on any atom is -0.496 e. The number of nitrogens with zero attached hydrogens (tertiary/aromatic N) is 1. The van der Waals surface area contributed by atoms with Crippen molar-refractivity contribution in [3.8, 4) is 5.75 Å². The van der Waals surface area contributed by atoms with Crippen LogP contribution < -0.4 is 15.2 Å². The number of aryl methyl sites for hydroxylation is 2. The molecule has 8 heteroatoms. The number of nitrogens with two attached hydrogens (primary N) is 1. The van der Waals surface area contributed by atoms with Crippen LogP contribution in [0, 0.1) is 20.8 Å². The highest BCUT2D eigenvalue weighted by molar-refractivity contribution is 7.89. The summed E-state index contributed by atoms with van der Waals surface area (Å²) in [6.07, 6.45) is 1.68. The van der Waals surface area contributed by atoms with Gasteiger partial charge >= 0.3 is 0 Å². The summed E-state index contributed by atoms with van der Waals surface area (Å²) in [7, 11) is -2.29. The second-order valence-electron chi connectivity index (χ2n) is 5.75. The highest BCUT2D eigenvalue weighted by atomic mass is 32.2. The predicted molar refractivity (Wildman–Crippen MR) is 94.0 cm³/mol. The Hall–Kier alpha value is -2.45. The number of sulfonamides is 1. The van der Waals surface area contributed by atoms with Crippen LogP contribution in [0.5, 0.6) is 5.75 Å². The molecule has 0 spiro atoms. The van der Waals surface area contributed by atoms with Gasteiger partial charge < -0.3 is 10.1 Å². The van der Waals surface area contributed by atoms with Crippen LogP contribution in [0.15, 0.2) is 29.3 Å². The SMILES string of the molecule is COc1c(C)cnc(CNC(=O)c2cc(S(N)(=O)=O)ccc2C)c1C. The van der Waals surface area contributed by atoms with E-state index in [0.717, 1.165) is 16.9 Å². The number of pyridine rings is 1. The minimum absolute atomic E-state index is 0.102. The van der Waals surface area contributed by atoms with Crippen molar-refractivity contribution in [1.29, 1.82) is 0 Å². The first-order valence-corrected chi connectivity index (χ1v) is 9.10. The summed E-state index contributed by atoms with van der Waals surface area (Å²) in [6.45, 7) is 5.68. The van der Waals surface area contributed by atoms with Crippen LogP contribution in [0.1, 0.15) is 32.7 Å². The summed E-state index contributed by atoms with van der Waals surface area (Å²) >= 11 is 0. The van der Waals surface area contributed by atoms with Gasteiger partial charge in [0.1, 0.15) is 5.75 Å². The number of aromatic nitrogens is 1. The fourth-order valence-corrected chi connectivity index (χ4v) is 3.07. The molecule has 134 valence electrons. The summed E-state index contributed by atoms with van der Waals surface area (Å²) in [6, 6.07) is 4.20. The lowest BCUT2D eigenvalue weighted by Gasteiger charge is -2.13. The molecule has 1 aromatic heterocycles. The molecule has 2 aromatic rings. The van der Waals surface area contributed by atoms with Gasteiger partial charge in [-0.25, -0.2) is 13.6 Å². The number of nitrogens with one attached hydrogen (secondary N) is 1. The maximum atomic E-state index is 12.4. The average molecular weight is 363 g/mol. The van der Waals surface area contributed by atoms with Crippen molar-refractivity contribution in [1.82, 2.24) is 10.3 Å². The molecule has 1 heterocycles. The number of carbonyl (C=O) groups is 1. The first-order chi connectivity index (χ1) is 11.6. The molecule has 0 aliphatic heterocycles. The van der Waals surface area contributed by atoms with Crippen LogP contribution in [0.3, 0.4) is 0 Å². The van der Waals surface area contributed by atoms with Crippen LogP contribution in [-0.4, -0.2) is 26.4 Å². The van der Waals surface area contributed by atoms with Gasteiger partial charge in [0.2, 0.25) is 10.0 Å². The first kappa shape index (κ1) is 18.9. The maximum absolute atomic E-state index is 12.4. The van der Waals surface area contributed by atoms with Crippen LogP contribution >= 0.6 is 0 Å². The van der Waals surface area contributed by atoms with E-state index < -0.39 is 15.9 Å². The van der Waals surface area contributed by atoms with Gasteiger partial charge in [-0.2, -0.15) is 0 Å². The number of amides is 1. The molecule has 1 aromatic carbocycles. The molecule has 0 saturated carbocycles.